The van der Waals surface area contributed by atoms with E-state index in [1.165, 1.54) is 12.3 Å². The first-order valence-corrected chi connectivity index (χ1v) is 11.3. The smallest absolute Gasteiger partial charge is 0.342 e. The van der Waals surface area contributed by atoms with E-state index in [0.717, 1.165) is 24.3 Å². The number of alkyl halides is 3. The van der Waals surface area contributed by atoms with Crippen LogP contribution in [0.5, 0.6) is 0 Å². The third-order valence-electron chi connectivity index (χ3n) is 5.16. The van der Waals surface area contributed by atoms with Crippen LogP contribution < -0.4 is 4.90 Å². The molecular formula is C20H19F3N5O2S. The van der Waals surface area contributed by atoms with Gasteiger partial charge in [0.05, 0.1) is 11.3 Å². The molecular weight excluding hydrogens is 431 g/mol. The molecule has 163 valence electrons. The third-order valence-corrected chi connectivity index (χ3v) is 6.02. The number of hydrogen-bond donors (Lipinski definition) is 1. The first-order chi connectivity index (χ1) is 14.6. The summed E-state index contributed by atoms with van der Waals surface area (Å²) in [5, 5.41) is -0.316. The highest BCUT2D eigenvalue weighted by atomic mass is 32.2. The lowest BCUT2D eigenvalue weighted by molar-refractivity contribution is -0.137. The van der Waals surface area contributed by atoms with Crippen molar-refractivity contribution in [3.63, 3.8) is 0 Å². The topological polar surface area (TPSA) is 91.8 Å². The van der Waals surface area contributed by atoms with Crippen LogP contribution in [0.25, 0.3) is 0 Å². The van der Waals surface area contributed by atoms with E-state index < -0.39 is 27.5 Å². The van der Waals surface area contributed by atoms with Crippen LogP contribution in [-0.2, 0) is 16.0 Å². The molecule has 1 aromatic carbocycles. The Morgan fingerprint density at radius 3 is 2.65 bits per heavy atom. The molecule has 4 rings (SSSR count). The van der Waals surface area contributed by atoms with Crippen molar-refractivity contribution >= 4 is 15.8 Å². The number of anilines is 1. The van der Waals surface area contributed by atoms with Gasteiger partial charge in [-0.3, -0.25) is 0 Å². The number of H-pyrrole nitrogens is 1. The number of sulfone groups is 1. The summed E-state index contributed by atoms with van der Waals surface area (Å²) in [6.45, 7) is 0.916. The van der Waals surface area contributed by atoms with Crippen LogP contribution >= 0.6 is 0 Å². The van der Waals surface area contributed by atoms with Crippen molar-refractivity contribution in [3.05, 3.63) is 71.7 Å². The van der Waals surface area contributed by atoms with Gasteiger partial charge in [-0.2, -0.15) is 13.2 Å². The largest absolute Gasteiger partial charge is 0.416 e. The summed E-state index contributed by atoms with van der Waals surface area (Å²) in [7, 11) is -3.64. The zero-order chi connectivity index (χ0) is 22.2. The predicted molar refractivity (Wildman–Crippen MR) is 107 cm³/mol. The van der Waals surface area contributed by atoms with Gasteiger partial charge in [0.15, 0.2) is 0 Å². The summed E-state index contributed by atoms with van der Waals surface area (Å²) in [5.74, 6) is 0.948. The van der Waals surface area contributed by atoms with E-state index in [9.17, 15) is 21.6 Å². The number of nitrogens with one attached hydrogen (secondary N) is 1. The average molecular weight is 450 g/mol. The van der Waals surface area contributed by atoms with Crippen molar-refractivity contribution in [2.45, 2.75) is 23.7 Å². The van der Waals surface area contributed by atoms with E-state index in [-0.39, 0.29) is 5.16 Å². The number of piperidine rings is 1. The minimum Gasteiger partial charge on any atom is -0.342 e. The maximum absolute atomic E-state index is 13.3. The molecule has 3 heterocycles. The van der Waals surface area contributed by atoms with E-state index in [2.05, 4.69) is 19.9 Å². The Morgan fingerprint density at radius 2 is 1.97 bits per heavy atom. The molecule has 1 N–H and O–H groups in total. The van der Waals surface area contributed by atoms with Gasteiger partial charge < -0.3 is 9.88 Å². The molecule has 7 nitrogen and oxygen atoms in total. The highest BCUT2D eigenvalue weighted by Crippen LogP contribution is 2.40. The SMILES string of the molecule is CS(=O)(=O)c1nccc(C2CN(c3ncc[nH]3)CC[C]2c2cccc(C(F)(F)F)c2)n1. The lowest BCUT2D eigenvalue weighted by atomic mass is 9.78. The molecule has 0 bridgehead atoms. The lowest BCUT2D eigenvalue weighted by Gasteiger charge is -2.38. The van der Waals surface area contributed by atoms with Crippen molar-refractivity contribution in [2.75, 3.05) is 24.2 Å². The molecule has 0 saturated carbocycles. The zero-order valence-corrected chi connectivity index (χ0v) is 17.3. The molecule has 1 unspecified atom stereocenters. The molecule has 0 aliphatic carbocycles. The van der Waals surface area contributed by atoms with Gasteiger partial charge in [0, 0.05) is 49.8 Å². The second-order valence-electron chi connectivity index (χ2n) is 7.30. The second kappa shape index (κ2) is 7.95. The Hall–Kier alpha value is -2.95. The minimum atomic E-state index is -4.46. The number of rotatable bonds is 4. The first-order valence-electron chi connectivity index (χ1n) is 9.43. The lowest BCUT2D eigenvalue weighted by Crippen LogP contribution is -2.40. The van der Waals surface area contributed by atoms with Gasteiger partial charge in [0.2, 0.25) is 20.9 Å². The van der Waals surface area contributed by atoms with Crippen LogP contribution in [0.3, 0.4) is 0 Å². The second-order valence-corrected chi connectivity index (χ2v) is 9.21. The Bertz CT molecular complexity index is 1170. The highest BCUT2D eigenvalue weighted by Gasteiger charge is 2.36. The number of imidazole rings is 1. The fraction of sp³-hybridized carbons (Fsp3) is 0.300. The molecule has 0 spiro atoms. The molecule has 1 aliphatic rings. The standard InChI is InChI=1S/C20H19F3N5O2S/c1-31(29,30)19-26-7-5-17(27-19)16-12-28(18-24-8-9-25-18)10-6-15(16)13-3-2-4-14(11-13)20(21,22)23/h2-5,7-9,11,16H,6,10,12H2,1H3,(H,24,25). The molecule has 1 fully saturated rings. The van der Waals surface area contributed by atoms with Gasteiger partial charge in [-0.25, -0.2) is 23.4 Å². The van der Waals surface area contributed by atoms with E-state index in [1.54, 1.807) is 24.5 Å². The summed E-state index contributed by atoms with van der Waals surface area (Å²) in [6.07, 6.45) is 1.67. The fourth-order valence-corrected chi connectivity index (χ4v) is 4.24. The quantitative estimate of drug-likeness (QED) is 0.614. The maximum Gasteiger partial charge on any atom is 0.416 e. The van der Waals surface area contributed by atoms with Crippen LogP contribution in [0.15, 0.2) is 54.1 Å². The molecule has 31 heavy (non-hydrogen) atoms. The first kappa shape index (κ1) is 21.3. The van der Waals surface area contributed by atoms with Crippen LogP contribution in [0.1, 0.15) is 29.2 Å². The Kier molecular flexibility index (Phi) is 5.46. The normalized spacial score (nSPS) is 18.3. The van der Waals surface area contributed by atoms with Crippen LogP contribution in [0, 0.1) is 5.92 Å². The number of halogens is 3. The number of nitrogens with zero attached hydrogens (tertiary/aromatic N) is 4. The van der Waals surface area contributed by atoms with Gasteiger partial charge in [0.1, 0.15) is 0 Å². The minimum absolute atomic E-state index is 0.316. The van der Waals surface area contributed by atoms with Gasteiger partial charge >= 0.3 is 6.18 Å². The zero-order valence-electron chi connectivity index (χ0n) is 16.5. The van der Waals surface area contributed by atoms with Crippen molar-refractivity contribution in [1.29, 1.82) is 0 Å². The Balaban J connectivity index is 1.76. The summed E-state index contributed by atoms with van der Waals surface area (Å²) < 4.78 is 63.7. The van der Waals surface area contributed by atoms with Crippen LogP contribution in [-0.4, -0.2) is 47.7 Å². The van der Waals surface area contributed by atoms with E-state index >= 15 is 0 Å². The molecule has 1 saturated heterocycles. The van der Waals surface area contributed by atoms with Gasteiger partial charge in [-0.15, -0.1) is 0 Å². The third kappa shape index (κ3) is 4.55. The van der Waals surface area contributed by atoms with Gasteiger partial charge in [-0.05, 0) is 24.1 Å². The maximum atomic E-state index is 13.3. The van der Waals surface area contributed by atoms with Crippen molar-refractivity contribution in [3.8, 4) is 0 Å². The fourth-order valence-electron chi connectivity index (χ4n) is 3.71. The average Bonchev–Trinajstić information content (AvgIpc) is 3.27. The van der Waals surface area contributed by atoms with E-state index in [0.29, 0.717) is 36.7 Å². The molecule has 0 amide bonds. The van der Waals surface area contributed by atoms with Gasteiger partial charge in [-0.1, -0.05) is 18.2 Å². The van der Waals surface area contributed by atoms with Crippen LogP contribution in [0.4, 0.5) is 19.1 Å². The molecule has 2 aromatic heterocycles. The predicted octanol–water partition coefficient (Wildman–Crippen LogP) is 3.24. The number of aromatic amines is 1. The Labute approximate surface area is 177 Å². The molecule has 3 aromatic rings. The van der Waals surface area contributed by atoms with Crippen molar-refractivity contribution in [1.82, 2.24) is 19.9 Å². The van der Waals surface area contributed by atoms with Crippen molar-refractivity contribution < 1.29 is 21.6 Å². The number of benzene rings is 1. The van der Waals surface area contributed by atoms with Gasteiger partial charge in [0.25, 0.3) is 0 Å². The van der Waals surface area contributed by atoms with E-state index in [4.69, 9.17) is 0 Å². The molecule has 1 aliphatic heterocycles. The van der Waals surface area contributed by atoms with Crippen molar-refractivity contribution in [2.24, 2.45) is 0 Å². The molecule has 1 atom stereocenters. The Morgan fingerprint density at radius 1 is 1.16 bits per heavy atom. The summed E-state index contributed by atoms with van der Waals surface area (Å²) in [5.41, 5.74) is 0.154. The molecule has 1 radical (unpaired) electrons. The number of hydrogen-bond acceptors (Lipinski definition) is 6. The van der Waals surface area contributed by atoms with Crippen LogP contribution in [0.2, 0.25) is 0 Å². The summed E-state index contributed by atoms with van der Waals surface area (Å²) in [4.78, 5) is 17.3. The van der Waals surface area contributed by atoms with E-state index in [1.807, 2.05) is 4.90 Å². The summed E-state index contributed by atoms with van der Waals surface area (Å²) >= 11 is 0. The molecule has 11 heteroatoms. The summed E-state index contributed by atoms with van der Waals surface area (Å²) in [6, 6.07) is 6.77. The number of aromatic nitrogens is 4. The highest BCUT2D eigenvalue weighted by molar-refractivity contribution is 7.90. The monoisotopic (exact) mass is 450 g/mol.